The van der Waals surface area contributed by atoms with Crippen molar-refractivity contribution in [1.29, 1.82) is 0 Å². The van der Waals surface area contributed by atoms with E-state index in [0.717, 1.165) is 76.3 Å². The number of nitrogens with one attached hydrogen (secondary N) is 4. The number of nitrogens with zero attached hydrogens (tertiary/aromatic N) is 6. The second kappa shape index (κ2) is 26.0. The van der Waals surface area contributed by atoms with E-state index in [1.165, 1.54) is 12.5 Å². The summed E-state index contributed by atoms with van der Waals surface area (Å²) in [5.74, 6) is -0.799. The average molecular weight is 885 g/mol. The third-order valence-electron chi connectivity index (χ3n) is 10.2. The summed E-state index contributed by atoms with van der Waals surface area (Å²) >= 11 is 0. The number of amides is 1. The highest BCUT2D eigenvalue weighted by Crippen LogP contribution is 2.16. The number of carbonyl (C=O) groups excluding carboxylic acids is 3. The predicted molar refractivity (Wildman–Crippen MR) is 242 cm³/mol. The lowest BCUT2D eigenvalue weighted by molar-refractivity contribution is -0.149. The molecular formula is C44H60N12O8. The predicted octanol–water partition coefficient (Wildman–Crippen LogP) is 5.21. The number of aromatic amines is 2. The number of H-pyrrole nitrogens is 2. The Bertz CT molecular complexity index is 2410. The Morgan fingerprint density at radius 3 is 2.36 bits per heavy atom. The molecule has 344 valence electrons. The SMILES string of the molecule is CCCCCC[C@H](C/C=C\CCCCCCCC(=O)OCCOCn1cnc2c(=O)[nH]c(N)nc21)OC(=O)CCCNC(=O)c1ccc(NCc2cnc3nc(N)[nH]c(=O)c3n2)cc1. The van der Waals surface area contributed by atoms with Crippen LogP contribution in [0.15, 0.2) is 58.5 Å². The van der Waals surface area contributed by atoms with Crippen LogP contribution in [-0.4, -0.2) is 83.2 Å². The monoisotopic (exact) mass is 884 g/mol. The molecule has 5 rings (SSSR count). The summed E-state index contributed by atoms with van der Waals surface area (Å²) < 4.78 is 18.2. The number of esters is 2. The number of hydrogen-bond acceptors (Lipinski definition) is 16. The number of nitrogen functional groups attached to an aromatic ring is 2. The summed E-state index contributed by atoms with van der Waals surface area (Å²) in [4.78, 5) is 87.0. The Hall–Kier alpha value is -6.70. The number of carbonyl (C=O) groups is 3. The summed E-state index contributed by atoms with van der Waals surface area (Å²) in [7, 11) is 0. The lowest BCUT2D eigenvalue weighted by Gasteiger charge is -2.16. The highest BCUT2D eigenvalue weighted by atomic mass is 16.6. The number of unbranched alkanes of at least 4 members (excludes halogenated alkanes) is 8. The van der Waals surface area contributed by atoms with Crippen molar-refractivity contribution in [1.82, 2.24) is 44.8 Å². The molecule has 0 radical (unpaired) electrons. The maximum Gasteiger partial charge on any atom is 0.306 e. The molecule has 64 heavy (non-hydrogen) atoms. The van der Waals surface area contributed by atoms with E-state index in [-0.39, 0.29) is 78.9 Å². The molecule has 0 fully saturated rings. The van der Waals surface area contributed by atoms with E-state index < -0.39 is 11.1 Å². The molecule has 0 saturated carbocycles. The third kappa shape index (κ3) is 16.2. The molecule has 8 N–H and O–H groups in total. The quantitative estimate of drug-likeness (QED) is 0.0204. The summed E-state index contributed by atoms with van der Waals surface area (Å²) in [6.07, 6.45) is 19.7. The first kappa shape index (κ1) is 48.3. The lowest BCUT2D eigenvalue weighted by Crippen LogP contribution is -2.25. The smallest absolute Gasteiger partial charge is 0.306 e. The molecule has 4 heterocycles. The minimum atomic E-state index is -0.463. The van der Waals surface area contributed by atoms with Crippen LogP contribution in [0.1, 0.15) is 119 Å². The van der Waals surface area contributed by atoms with Gasteiger partial charge in [-0.2, -0.15) is 9.97 Å². The van der Waals surface area contributed by atoms with E-state index in [4.69, 9.17) is 25.7 Å². The fourth-order valence-electron chi connectivity index (χ4n) is 6.74. The van der Waals surface area contributed by atoms with E-state index in [0.29, 0.717) is 49.3 Å². The minimum Gasteiger partial charge on any atom is -0.463 e. The number of rotatable bonds is 29. The van der Waals surface area contributed by atoms with Crippen molar-refractivity contribution in [2.45, 2.75) is 123 Å². The number of benzene rings is 1. The molecular weight excluding hydrogens is 825 g/mol. The average Bonchev–Trinajstić information content (AvgIpc) is 3.69. The number of hydrogen-bond donors (Lipinski definition) is 6. The van der Waals surface area contributed by atoms with Crippen LogP contribution in [0.2, 0.25) is 0 Å². The second-order valence-corrected chi connectivity index (χ2v) is 15.3. The Morgan fingerprint density at radius 2 is 1.55 bits per heavy atom. The molecule has 0 bridgehead atoms. The largest absolute Gasteiger partial charge is 0.463 e. The molecule has 0 aliphatic carbocycles. The fourth-order valence-corrected chi connectivity index (χ4v) is 6.74. The van der Waals surface area contributed by atoms with Crippen molar-refractivity contribution in [2.75, 3.05) is 36.5 Å². The van der Waals surface area contributed by atoms with Gasteiger partial charge in [-0.15, -0.1) is 0 Å². The highest BCUT2D eigenvalue weighted by Gasteiger charge is 2.15. The van der Waals surface area contributed by atoms with Crippen LogP contribution in [0.5, 0.6) is 0 Å². The van der Waals surface area contributed by atoms with Crippen molar-refractivity contribution < 1.29 is 28.6 Å². The molecule has 20 heteroatoms. The van der Waals surface area contributed by atoms with E-state index in [1.807, 2.05) is 0 Å². The topological polar surface area (TPSA) is 290 Å². The molecule has 1 amide bonds. The van der Waals surface area contributed by atoms with Gasteiger partial charge in [-0.25, -0.2) is 15.0 Å². The van der Waals surface area contributed by atoms with Crippen LogP contribution in [0.3, 0.4) is 0 Å². The van der Waals surface area contributed by atoms with Crippen LogP contribution in [0.4, 0.5) is 17.6 Å². The van der Waals surface area contributed by atoms with Crippen molar-refractivity contribution in [3.63, 3.8) is 0 Å². The number of aromatic nitrogens is 8. The zero-order valence-corrected chi connectivity index (χ0v) is 36.4. The van der Waals surface area contributed by atoms with E-state index in [1.54, 1.807) is 28.8 Å². The molecule has 0 aliphatic heterocycles. The number of ether oxygens (including phenoxy) is 3. The molecule has 1 aromatic carbocycles. The molecule has 20 nitrogen and oxygen atoms in total. The second-order valence-electron chi connectivity index (χ2n) is 15.3. The van der Waals surface area contributed by atoms with Gasteiger partial charge in [0.25, 0.3) is 17.0 Å². The molecule has 0 saturated heterocycles. The Kier molecular flexibility index (Phi) is 19.7. The van der Waals surface area contributed by atoms with Gasteiger partial charge in [0.15, 0.2) is 22.3 Å². The first-order valence-electron chi connectivity index (χ1n) is 22.0. The Morgan fingerprint density at radius 1 is 0.812 bits per heavy atom. The van der Waals surface area contributed by atoms with E-state index in [2.05, 4.69) is 64.6 Å². The maximum atomic E-state index is 12.8. The Balaban J connectivity index is 0.886. The van der Waals surface area contributed by atoms with Gasteiger partial charge >= 0.3 is 11.9 Å². The molecule has 5 aromatic rings. The van der Waals surface area contributed by atoms with Gasteiger partial charge in [0, 0.05) is 37.1 Å². The fraction of sp³-hybridized carbons (Fsp3) is 0.500. The summed E-state index contributed by atoms with van der Waals surface area (Å²) in [5, 5.41) is 6.07. The summed E-state index contributed by atoms with van der Waals surface area (Å²) in [6.45, 7) is 3.20. The van der Waals surface area contributed by atoms with Crippen molar-refractivity contribution >= 4 is 57.8 Å². The zero-order valence-electron chi connectivity index (χ0n) is 36.4. The standard InChI is InChI=1S/C44H60N12O8/c1-2-3-4-11-15-33(16-12-9-7-5-6-8-10-13-17-34(57)63-25-24-62-29-56-28-50-37-39(56)53-44(46)55-42(37)61)64-35(58)18-14-23-47-40(59)30-19-21-31(22-20-30)48-26-32-27-49-38-36(51-32)41(60)54-43(45)52-38/h9,12,19-22,27-28,33,48H,2-8,10-11,13-18,23-26,29H2,1H3,(H,47,59)(H3,46,53,55,61)(H3,45,49,52,54,60)/b12-9-/t33-/m1/s1. The lowest BCUT2D eigenvalue weighted by atomic mass is 10.1. The first-order valence-corrected chi connectivity index (χ1v) is 22.0. The number of imidazole rings is 1. The van der Waals surface area contributed by atoms with Gasteiger partial charge in [0.2, 0.25) is 11.9 Å². The molecule has 0 unspecified atom stereocenters. The van der Waals surface area contributed by atoms with Gasteiger partial charge in [-0.05, 0) is 62.8 Å². The zero-order chi connectivity index (χ0) is 45.5. The van der Waals surface area contributed by atoms with Gasteiger partial charge in [-0.1, -0.05) is 57.6 Å². The third-order valence-corrected chi connectivity index (χ3v) is 10.2. The maximum absolute atomic E-state index is 12.8. The highest BCUT2D eigenvalue weighted by molar-refractivity contribution is 5.94. The van der Waals surface area contributed by atoms with Crippen LogP contribution >= 0.6 is 0 Å². The van der Waals surface area contributed by atoms with Crippen molar-refractivity contribution in [3.8, 4) is 0 Å². The summed E-state index contributed by atoms with van der Waals surface area (Å²) in [5.41, 5.74) is 12.8. The number of nitrogens with two attached hydrogens (primary N) is 2. The summed E-state index contributed by atoms with van der Waals surface area (Å²) in [6, 6.07) is 6.94. The van der Waals surface area contributed by atoms with Crippen LogP contribution < -0.4 is 33.2 Å². The van der Waals surface area contributed by atoms with Gasteiger partial charge in [0.1, 0.15) is 19.4 Å². The van der Waals surface area contributed by atoms with Gasteiger partial charge in [-0.3, -0.25) is 38.5 Å². The van der Waals surface area contributed by atoms with E-state index in [9.17, 15) is 24.0 Å². The molecule has 1 atom stereocenters. The van der Waals surface area contributed by atoms with Crippen LogP contribution in [0, 0.1) is 0 Å². The van der Waals surface area contributed by atoms with Gasteiger partial charge in [0.05, 0.1) is 31.4 Å². The van der Waals surface area contributed by atoms with Crippen molar-refractivity contribution in [3.05, 3.63) is 80.9 Å². The normalized spacial score (nSPS) is 11.9. The first-order chi connectivity index (χ1) is 31.1. The number of anilines is 3. The molecule has 0 aliphatic rings. The minimum absolute atomic E-state index is 0.00793. The van der Waals surface area contributed by atoms with Gasteiger partial charge < -0.3 is 36.3 Å². The van der Waals surface area contributed by atoms with Crippen LogP contribution in [-0.2, 0) is 37.1 Å². The van der Waals surface area contributed by atoms with Crippen LogP contribution in [0.25, 0.3) is 22.3 Å². The van der Waals surface area contributed by atoms with Crippen molar-refractivity contribution in [2.24, 2.45) is 0 Å². The molecule has 4 aromatic heterocycles. The Labute approximate surface area is 370 Å². The number of fused-ring (bicyclic) bond motifs is 2. The molecule has 0 spiro atoms. The number of allylic oxidation sites excluding steroid dienone is 1. The van der Waals surface area contributed by atoms with E-state index >= 15 is 0 Å².